The van der Waals surface area contributed by atoms with Gasteiger partial charge in [-0.15, -0.1) is 0 Å². The molecule has 0 radical (unpaired) electrons. The summed E-state index contributed by atoms with van der Waals surface area (Å²) in [5.41, 5.74) is -0.969. The number of aromatic carboxylic acids is 1. The molecule has 0 unspecified atom stereocenters. The summed E-state index contributed by atoms with van der Waals surface area (Å²) in [6.45, 7) is 4.13. The molecule has 0 aliphatic heterocycles. The number of hydrogen-bond acceptors (Lipinski definition) is 3. The van der Waals surface area contributed by atoms with Gasteiger partial charge in [0.25, 0.3) is 5.91 Å². The highest BCUT2D eigenvalue weighted by atomic mass is 19.2. The summed E-state index contributed by atoms with van der Waals surface area (Å²) in [7, 11) is 1.43. The molecule has 0 saturated carbocycles. The Hall–Kier alpha value is -2.02. The van der Waals surface area contributed by atoms with E-state index < -0.39 is 34.6 Å². The molecule has 1 aromatic carbocycles. The number of hydrogen-bond donors (Lipinski definition) is 1. The van der Waals surface area contributed by atoms with Crippen LogP contribution in [-0.4, -0.2) is 48.2 Å². The van der Waals surface area contributed by atoms with Crippen molar-refractivity contribution in [3.05, 3.63) is 34.9 Å². The Balaban J connectivity index is 2.95. The van der Waals surface area contributed by atoms with Gasteiger partial charge >= 0.3 is 5.97 Å². The summed E-state index contributed by atoms with van der Waals surface area (Å²) in [6, 6.07) is 1.10. The Morgan fingerprint density at radius 1 is 1.24 bits per heavy atom. The van der Waals surface area contributed by atoms with Crippen LogP contribution in [0.4, 0.5) is 8.78 Å². The highest BCUT2D eigenvalue weighted by Crippen LogP contribution is 2.17. The molecule has 0 heterocycles. The summed E-state index contributed by atoms with van der Waals surface area (Å²) in [6.07, 6.45) is -0.00801. The molecule has 7 heteroatoms. The molecular weight excluding hydrogens is 284 g/mol. The minimum atomic E-state index is -1.50. The number of carboxylic acids is 1. The van der Waals surface area contributed by atoms with E-state index in [1.807, 2.05) is 13.8 Å². The zero-order valence-electron chi connectivity index (χ0n) is 12.0. The number of carboxylic acid groups (broad SMARTS) is 1. The second-order valence-corrected chi connectivity index (χ2v) is 4.76. The molecule has 0 atom stereocenters. The molecule has 0 saturated heterocycles. The monoisotopic (exact) mass is 301 g/mol. The average Bonchev–Trinajstić information content (AvgIpc) is 2.39. The fraction of sp³-hybridized carbons (Fsp3) is 0.429. The molecule has 0 spiro atoms. The fourth-order valence-corrected chi connectivity index (χ4v) is 1.63. The first-order chi connectivity index (χ1) is 9.73. The van der Waals surface area contributed by atoms with E-state index in [-0.39, 0.29) is 19.3 Å². The molecule has 1 aromatic rings. The summed E-state index contributed by atoms with van der Waals surface area (Å²) in [4.78, 5) is 24.4. The Kier molecular flexibility index (Phi) is 5.78. The van der Waals surface area contributed by atoms with E-state index >= 15 is 0 Å². The van der Waals surface area contributed by atoms with Crippen molar-refractivity contribution < 1.29 is 28.2 Å². The molecule has 1 N–H and O–H groups in total. The van der Waals surface area contributed by atoms with Crippen molar-refractivity contribution in [2.45, 2.75) is 20.0 Å². The van der Waals surface area contributed by atoms with Gasteiger partial charge < -0.3 is 14.7 Å². The lowest BCUT2D eigenvalue weighted by atomic mass is 10.1. The molecule has 116 valence electrons. The van der Waals surface area contributed by atoms with E-state index in [4.69, 9.17) is 9.84 Å². The van der Waals surface area contributed by atoms with Crippen molar-refractivity contribution >= 4 is 11.9 Å². The summed E-state index contributed by atoms with van der Waals surface area (Å²) in [5.74, 6) is -4.78. The van der Waals surface area contributed by atoms with E-state index in [2.05, 4.69) is 0 Å². The van der Waals surface area contributed by atoms with Crippen LogP contribution in [0, 0.1) is 11.6 Å². The number of benzene rings is 1. The third kappa shape index (κ3) is 4.49. The zero-order valence-corrected chi connectivity index (χ0v) is 12.0. The van der Waals surface area contributed by atoms with Crippen LogP contribution in [0.2, 0.25) is 0 Å². The first-order valence-corrected chi connectivity index (χ1v) is 6.33. The summed E-state index contributed by atoms with van der Waals surface area (Å²) >= 11 is 0. The number of carbonyl (C=O) groups is 2. The second kappa shape index (κ2) is 7.12. The standard InChI is InChI=1S/C14H17F2NO4/c1-8(2)21-5-4-17(3)13(18)9-6-11(15)12(16)7-10(9)14(19)20/h6-8H,4-5H2,1-3H3,(H,19,20). The van der Waals surface area contributed by atoms with Crippen LogP contribution in [0.25, 0.3) is 0 Å². The SMILES string of the molecule is CC(C)OCCN(C)C(=O)c1cc(F)c(F)cc1C(=O)O. The number of ether oxygens (including phenoxy) is 1. The molecule has 0 fully saturated rings. The maximum atomic E-state index is 13.2. The molecule has 5 nitrogen and oxygen atoms in total. The molecule has 0 aliphatic carbocycles. The normalized spacial score (nSPS) is 10.8. The van der Waals surface area contributed by atoms with Gasteiger partial charge in [-0.3, -0.25) is 4.79 Å². The van der Waals surface area contributed by atoms with Crippen molar-refractivity contribution in [3.8, 4) is 0 Å². The second-order valence-electron chi connectivity index (χ2n) is 4.76. The van der Waals surface area contributed by atoms with Gasteiger partial charge in [-0.2, -0.15) is 0 Å². The number of carbonyl (C=O) groups excluding carboxylic acids is 1. The van der Waals surface area contributed by atoms with Crippen molar-refractivity contribution in [1.82, 2.24) is 4.90 Å². The Morgan fingerprint density at radius 3 is 2.24 bits per heavy atom. The molecule has 0 aromatic heterocycles. The quantitative estimate of drug-likeness (QED) is 0.874. The van der Waals surface area contributed by atoms with E-state index in [1.165, 1.54) is 11.9 Å². The number of halogens is 2. The predicted octanol–water partition coefficient (Wildman–Crippen LogP) is 2.16. The Morgan fingerprint density at radius 2 is 1.76 bits per heavy atom. The van der Waals surface area contributed by atoms with E-state index in [1.54, 1.807) is 0 Å². The van der Waals surface area contributed by atoms with Crippen LogP contribution in [0.3, 0.4) is 0 Å². The lowest BCUT2D eigenvalue weighted by Gasteiger charge is -2.19. The minimum Gasteiger partial charge on any atom is -0.478 e. The van der Waals surface area contributed by atoms with Crippen LogP contribution in [0.5, 0.6) is 0 Å². The van der Waals surface area contributed by atoms with Crippen LogP contribution < -0.4 is 0 Å². The number of nitrogens with zero attached hydrogens (tertiary/aromatic N) is 1. The maximum Gasteiger partial charge on any atom is 0.336 e. The zero-order chi connectivity index (χ0) is 16.2. The first kappa shape index (κ1) is 17.0. The van der Waals surface area contributed by atoms with E-state index in [9.17, 15) is 18.4 Å². The van der Waals surface area contributed by atoms with E-state index in [0.717, 1.165) is 0 Å². The third-order valence-electron chi connectivity index (χ3n) is 2.75. The molecule has 0 bridgehead atoms. The fourth-order valence-electron chi connectivity index (χ4n) is 1.63. The molecule has 1 rings (SSSR count). The molecule has 21 heavy (non-hydrogen) atoms. The number of likely N-dealkylation sites (N-methyl/N-ethyl adjacent to an activating group) is 1. The minimum absolute atomic E-state index is 0.00801. The third-order valence-corrected chi connectivity index (χ3v) is 2.75. The number of rotatable bonds is 6. The smallest absolute Gasteiger partial charge is 0.336 e. The topological polar surface area (TPSA) is 66.8 Å². The molecular formula is C14H17F2NO4. The van der Waals surface area contributed by atoms with Crippen molar-refractivity contribution in [2.75, 3.05) is 20.2 Å². The van der Waals surface area contributed by atoms with E-state index in [0.29, 0.717) is 12.1 Å². The Labute approximate surface area is 121 Å². The van der Waals surface area contributed by atoms with Gasteiger partial charge in [-0.25, -0.2) is 13.6 Å². The van der Waals surface area contributed by atoms with Gasteiger partial charge in [0.05, 0.1) is 23.8 Å². The summed E-state index contributed by atoms with van der Waals surface area (Å²) < 4.78 is 31.6. The molecule has 0 aliphatic rings. The van der Waals surface area contributed by atoms with Crippen molar-refractivity contribution in [2.24, 2.45) is 0 Å². The Bertz CT molecular complexity index is 546. The largest absolute Gasteiger partial charge is 0.478 e. The van der Waals surface area contributed by atoms with Crippen molar-refractivity contribution in [3.63, 3.8) is 0 Å². The molecule has 1 amide bonds. The van der Waals surface area contributed by atoms with Crippen LogP contribution >= 0.6 is 0 Å². The summed E-state index contributed by atoms with van der Waals surface area (Å²) in [5, 5.41) is 8.98. The van der Waals surface area contributed by atoms with Gasteiger partial charge in [0.2, 0.25) is 0 Å². The first-order valence-electron chi connectivity index (χ1n) is 6.33. The highest BCUT2D eigenvalue weighted by molar-refractivity contribution is 6.04. The number of amides is 1. The van der Waals surface area contributed by atoms with Gasteiger partial charge in [0, 0.05) is 13.6 Å². The lowest BCUT2D eigenvalue weighted by molar-refractivity contribution is 0.0527. The van der Waals surface area contributed by atoms with Crippen LogP contribution in [-0.2, 0) is 4.74 Å². The van der Waals surface area contributed by atoms with Gasteiger partial charge in [0.1, 0.15) is 0 Å². The maximum absolute atomic E-state index is 13.2. The van der Waals surface area contributed by atoms with Gasteiger partial charge in [-0.05, 0) is 26.0 Å². The highest BCUT2D eigenvalue weighted by Gasteiger charge is 2.22. The van der Waals surface area contributed by atoms with Crippen molar-refractivity contribution in [1.29, 1.82) is 0 Å². The van der Waals surface area contributed by atoms with Crippen LogP contribution in [0.1, 0.15) is 34.6 Å². The van der Waals surface area contributed by atoms with Gasteiger partial charge in [0.15, 0.2) is 11.6 Å². The average molecular weight is 301 g/mol. The van der Waals surface area contributed by atoms with Crippen LogP contribution in [0.15, 0.2) is 12.1 Å². The lowest BCUT2D eigenvalue weighted by Crippen LogP contribution is -2.32. The predicted molar refractivity (Wildman–Crippen MR) is 71.4 cm³/mol. The van der Waals surface area contributed by atoms with Gasteiger partial charge in [-0.1, -0.05) is 0 Å².